The van der Waals surface area contributed by atoms with Crippen LogP contribution in [0, 0.1) is 0 Å². The van der Waals surface area contributed by atoms with Gasteiger partial charge in [0, 0.05) is 10.8 Å². The molecule has 10 nitrogen and oxygen atoms in total. The van der Waals surface area contributed by atoms with Crippen LogP contribution in [-0.2, 0) is 29.1 Å². The molecule has 2 heterocycles. The van der Waals surface area contributed by atoms with E-state index in [0.717, 1.165) is 23.7 Å². The summed E-state index contributed by atoms with van der Waals surface area (Å²) in [4.78, 5) is 23.1. The Morgan fingerprint density at radius 1 is 0.750 bits per heavy atom. The maximum atomic E-state index is 11.5. The van der Waals surface area contributed by atoms with Crippen molar-refractivity contribution in [3.8, 4) is 0 Å². The number of unbranched alkanes of at least 4 members (excludes halogenated alkanes) is 3. The van der Waals surface area contributed by atoms with Crippen LogP contribution in [0.25, 0.3) is 0 Å². The third-order valence-corrected chi connectivity index (χ3v) is 6.76. The molecule has 12 heteroatoms. The zero-order valence-corrected chi connectivity index (χ0v) is 16.8. The summed E-state index contributed by atoms with van der Waals surface area (Å²) in [6, 6.07) is -1.11. The van der Waals surface area contributed by atoms with Gasteiger partial charge in [-0.05, 0) is 37.8 Å². The fourth-order valence-corrected chi connectivity index (χ4v) is 5.08. The van der Waals surface area contributed by atoms with E-state index in [1.54, 1.807) is 0 Å². The van der Waals surface area contributed by atoms with Crippen molar-refractivity contribution in [3.63, 3.8) is 0 Å². The van der Waals surface area contributed by atoms with Gasteiger partial charge in [0.15, 0.2) is 19.7 Å². The van der Waals surface area contributed by atoms with Gasteiger partial charge in [-0.25, -0.2) is 26.4 Å². The van der Waals surface area contributed by atoms with E-state index < -0.39 is 43.9 Å². The van der Waals surface area contributed by atoms with Crippen LogP contribution in [0.1, 0.15) is 25.7 Å². The summed E-state index contributed by atoms with van der Waals surface area (Å²) in [7, 11) is -6.44. The summed E-state index contributed by atoms with van der Waals surface area (Å²) in [6.07, 6.45) is 4.29. The Labute approximate surface area is 164 Å². The van der Waals surface area contributed by atoms with E-state index in [9.17, 15) is 26.4 Å². The lowest BCUT2D eigenvalue weighted by molar-refractivity contribution is 0.137. The Balaban J connectivity index is 1.42. The van der Waals surface area contributed by atoms with Crippen LogP contribution in [0.5, 0.6) is 0 Å². The molecular formula is C16H24N2O8S2. The highest BCUT2D eigenvalue weighted by Crippen LogP contribution is 2.09. The lowest BCUT2D eigenvalue weighted by Crippen LogP contribution is -2.36. The van der Waals surface area contributed by atoms with Crippen molar-refractivity contribution < 1.29 is 35.9 Å². The Kier molecular flexibility index (Phi) is 7.87. The third-order valence-electron chi connectivity index (χ3n) is 3.97. The number of carbonyl (C=O) groups excluding carboxylic acids is 2. The summed E-state index contributed by atoms with van der Waals surface area (Å²) in [5.41, 5.74) is 0. The fraction of sp³-hybridized carbons (Fsp3) is 0.625. The number of sulfone groups is 2. The summed E-state index contributed by atoms with van der Waals surface area (Å²) in [5, 5.41) is 7.07. The first-order valence-electron chi connectivity index (χ1n) is 8.84. The Bertz CT molecular complexity index is 763. The maximum absolute atomic E-state index is 11.5. The molecule has 0 spiro atoms. The third kappa shape index (κ3) is 8.30. The smallest absolute Gasteiger partial charge is 0.407 e. The molecule has 2 amide bonds. The molecule has 0 saturated heterocycles. The average Bonchev–Trinajstić information content (AvgIpc) is 3.10. The average molecular weight is 437 g/mol. The first kappa shape index (κ1) is 22.2. The molecule has 2 atom stereocenters. The van der Waals surface area contributed by atoms with E-state index in [2.05, 4.69) is 10.6 Å². The predicted octanol–water partition coefficient (Wildman–Crippen LogP) is 0.621. The van der Waals surface area contributed by atoms with Crippen molar-refractivity contribution in [1.82, 2.24) is 10.6 Å². The molecule has 0 radical (unpaired) electrons. The molecule has 2 rings (SSSR count). The first-order chi connectivity index (χ1) is 13.2. The van der Waals surface area contributed by atoms with Gasteiger partial charge in [0.1, 0.15) is 0 Å². The van der Waals surface area contributed by atoms with Gasteiger partial charge in [0.25, 0.3) is 0 Å². The van der Waals surface area contributed by atoms with E-state index in [-0.39, 0.29) is 24.7 Å². The highest BCUT2D eigenvalue weighted by Gasteiger charge is 2.24. The van der Waals surface area contributed by atoms with Gasteiger partial charge in [0.2, 0.25) is 0 Å². The predicted molar refractivity (Wildman–Crippen MR) is 101 cm³/mol. The second kappa shape index (κ2) is 9.92. The summed E-state index contributed by atoms with van der Waals surface area (Å²) in [5.74, 6) is -0.301. The molecule has 2 N–H and O–H groups in total. The standard InChI is InChI=1S/C16H24N2O8S2/c19-15(17-13-5-9-27(21,22)11-13)25-7-3-1-2-4-8-26-16(20)18-14-6-10-28(23,24)12-14/h5-6,9-10,13-14H,1-4,7-8,11-12H2,(H,17,19)(H,18,20). The van der Waals surface area contributed by atoms with Crippen LogP contribution in [0.15, 0.2) is 23.0 Å². The highest BCUT2D eigenvalue weighted by molar-refractivity contribution is 7.94. The summed E-state index contributed by atoms with van der Waals surface area (Å²) < 4.78 is 54.8. The van der Waals surface area contributed by atoms with Gasteiger partial charge in [-0.3, -0.25) is 0 Å². The van der Waals surface area contributed by atoms with E-state index in [1.165, 1.54) is 12.2 Å². The van der Waals surface area contributed by atoms with E-state index in [1.807, 2.05) is 0 Å². The highest BCUT2D eigenvalue weighted by atomic mass is 32.2. The molecule has 0 aromatic rings. The number of hydrogen-bond acceptors (Lipinski definition) is 8. The zero-order chi connectivity index (χ0) is 20.6. The van der Waals surface area contributed by atoms with Crippen molar-refractivity contribution in [3.05, 3.63) is 23.0 Å². The van der Waals surface area contributed by atoms with Crippen LogP contribution in [0.4, 0.5) is 9.59 Å². The van der Waals surface area contributed by atoms with E-state index >= 15 is 0 Å². The summed E-state index contributed by atoms with van der Waals surface area (Å²) >= 11 is 0. The molecule has 0 bridgehead atoms. The molecule has 0 fully saturated rings. The Morgan fingerprint density at radius 3 is 1.46 bits per heavy atom. The van der Waals surface area contributed by atoms with Crippen LogP contribution < -0.4 is 10.6 Å². The molecule has 0 saturated carbocycles. The lowest BCUT2D eigenvalue weighted by atomic mass is 10.2. The molecular weight excluding hydrogens is 412 g/mol. The van der Waals surface area contributed by atoms with Crippen molar-refractivity contribution in [2.24, 2.45) is 0 Å². The van der Waals surface area contributed by atoms with Gasteiger partial charge in [0.05, 0.1) is 36.8 Å². The van der Waals surface area contributed by atoms with Crippen molar-refractivity contribution in [1.29, 1.82) is 0 Å². The minimum Gasteiger partial charge on any atom is -0.450 e. The van der Waals surface area contributed by atoms with E-state index in [4.69, 9.17) is 9.47 Å². The molecule has 158 valence electrons. The second-order valence-electron chi connectivity index (χ2n) is 6.50. The Hall–Kier alpha value is -2.08. The number of nitrogens with one attached hydrogen (secondary N) is 2. The van der Waals surface area contributed by atoms with Crippen LogP contribution in [0.3, 0.4) is 0 Å². The van der Waals surface area contributed by atoms with Crippen molar-refractivity contribution in [2.45, 2.75) is 37.8 Å². The minimum absolute atomic E-state index is 0.150. The van der Waals surface area contributed by atoms with Crippen LogP contribution in [0.2, 0.25) is 0 Å². The first-order valence-corrected chi connectivity index (χ1v) is 12.3. The minimum atomic E-state index is -3.22. The van der Waals surface area contributed by atoms with Crippen LogP contribution >= 0.6 is 0 Å². The molecule has 2 unspecified atom stereocenters. The van der Waals surface area contributed by atoms with Crippen molar-refractivity contribution in [2.75, 3.05) is 24.7 Å². The second-order valence-corrected chi connectivity index (χ2v) is 10.4. The molecule has 0 aliphatic carbocycles. The number of alkyl carbamates (subject to hydrolysis) is 2. The van der Waals surface area contributed by atoms with Gasteiger partial charge in [-0.1, -0.05) is 0 Å². The number of hydrogen-bond donors (Lipinski definition) is 2. The number of ether oxygens (including phenoxy) is 2. The molecule has 28 heavy (non-hydrogen) atoms. The maximum Gasteiger partial charge on any atom is 0.407 e. The largest absolute Gasteiger partial charge is 0.450 e. The van der Waals surface area contributed by atoms with Gasteiger partial charge in [-0.15, -0.1) is 0 Å². The number of amides is 2. The van der Waals surface area contributed by atoms with Gasteiger partial charge in [-0.2, -0.15) is 0 Å². The monoisotopic (exact) mass is 436 g/mol. The number of carbonyl (C=O) groups is 2. The lowest BCUT2D eigenvalue weighted by Gasteiger charge is -2.11. The van der Waals surface area contributed by atoms with E-state index in [0.29, 0.717) is 12.8 Å². The molecule has 2 aliphatic heterocycles. The van der Waals surface area contributed by atoms with Gasteiger partial charge >= 0.3 is 12.2 Å². The molecule has 0 aromatic carbocycles. The quantitative estimate of drug-likeness (QED) is 0.500. The SMILES string of the molecule is O=C(NC1C=CS(=O)(=O)C1)OCCCCCCOC(=O)NC1C=CS(=O)(=O)C1. The Morgan fingerprint density at radius 2 is 1.14 bits per heavy atom. The topological polar surface area (TPSA) is 145 Å². The fourth-order valence-electron chi connectivity index (χ4n) is 2.60. The molecule has 0 aromatic heterocycles. The summed E-state index contributed by atoms with van der Waals surface area (Å²) in [6.45, 7) is 0.414. The zero-order valence-electron chi connectivity index (χ0n) is 15.2. The van der Waals surface area contributed by atoms with Crippen molar-refractivity contribution >= 4 is 31.9 Å². The van der Waals surface area contributed by atoms with Gasteiger partial charge < -0.3 is 20.1 Å². The molecule has 2 aliphatic rings. The number of rotatable bonds is 9. The normalized spacial score (nSPS) is 24.0. The van der Waals surface area contributed by atoms with Crippen LogP contribution in [-0.4, -0.2) is 65.8 Å².